The fourth-order valence-corrected chi connectivity index (χ4v) is 4.69. The predicted molar refractivity (Wildman–Crippen MR) is 149 cm³/mol. The van der Waals surface area contributed by atoms with Crippen molar-refractivity contribution in [3.63, 3.8) is 0 Å². The molecule has 0 aliphatic carbocycles. The first kappa shape index (κ1) is 29.5. The number of aliphatic imine (C=N–C) groups is 1. The Bertz CT molecular complexity index is 1130. The van der Waals surface area contributed by atoms with E-state index in [1.807, 2.05) is 37.3 Å². The molecule has 3 atom stereocenters. The van der Waals surface area contributed by atoms with E-state index < -0.39 is 11.4 Å². The smallest absolute Gasteiger partial charge is 0.251 e. The van der Waals surface area contributed by atoms with Crippen LogP contribution in [0.1, 0.15) is 87.8 Å². The van der Waals surface area contributed by atoms with Gasteiger partial charge in [0.2, 0.25) is 5.91 Å². The van der Waals surface area contributed by atoms with Crippen LogP contribution < -0.4 is 5.32 Å². The average molecular weight is 524 g/mol. The minimum absolute atomic E-state index is 0.0240. The van der Waals surface area contributed by atoms with Crippen LogP contribution in [0.2, 0.25) is 0 Å². The second-order valence-electron chi connectivity index (χ2n) is 10.9. The number of amidine groups is 1. The zero-order valence-corrected chi connectivity index (χ0v) is 23.6. The lowest BCUT2D eigenvalue weighted by Gasteiger charge is -2.40. The minimum Gasteiger partial charge on any atom is -0.385 e. The Balaban J connectivity index is 1.86. The fourth-order valence-electron chi connectivity index (χ4n) is 4.69. The van der Waals surface area contributed by atoms with Crippen molar-refractivity contribution < 1.29 is 18.7 Å². The molecule has 2 amide bonds. The van der Waals surface area contributed by atoms with Crippen molar-refractivity contribution in [2.75, 3.05) is 13.7 Å². The number of rotatable bonds is 12. The van der Waals surface area contributed by atoms with Gasteiger partial charge in [-0.05, 0) is 61.4 Å². The van der Waals surface area contributed by atoms with Gasteiger partial charge in [-0.25, -0.2) is 4.39 Å². The van der Waals surface area contributed by atoms with Gasteiger partial charge in [0.15, 0.2) is 0 Å². The summed E-state index contributed by atoms with van der Waals surface area (Å²) < 4.78 is 20.0. The van der Waals surface area contributed by atoms with Crippen molar-refractivity contribution in [3.8, 4) is 0 Å². The van der Waals surface area contributed by atoms with Gasteiger partial charge >= 0.3 is 0 Å². The summed E-state index contributed by atoms with van der Waals surface area (Å²) in [5.74, 6) is 0.125. The molecule has 0 fully saturated rings. The van der Waals surface area contributed by atoms with Crippen LogP contribution in [0.4, 0.5) is 4.39 Å². The number of carbonyl (C=O) groups is 2. The third-order valence-electron chi connectivity index (χ3n) is 7.66. The summed E-state index contributed by atoms with van der Waals surface area (Å²) in [4.78, 5) is 33.3. The van der Waals surface area contributed by atoms with Crippen LogP contribution in [-0.2, 0) is 16.1 Å². The highest BCUT2D eigenvalue weighted by atomic mass is 19.1. The molecule has 1 heterocycles. The van der Waals surface area contributed by atoms with Crippen LogP contribution in [0.5, 0.6) is 0 Å². The Kier molecular flexibility index (Phi) is 10.2. The Morgan fingerprint density at radius 1 is 1.18 bits per heavy atom. The van der Waals surface area contributed by atoms with E-state index in [2.05, 4.69) is 33.0 Å². The maximum absolute atomic E-state index is 14.8. The van der Waals surface area contributed by atoms with E-state index in [4.69, 9.17) is 9.73 Å². The third kappa shape index (κ3) is 7.28. The highest BCUT2D eigenvalue weighted by Crippen LogP contribution is 2.33. The van der Waals surface area contributed by atoms with Gasteiger partial charge in [0.25, 0.3) is 5.91 Å². The van der Waals surface area contributed by atoms with Crippen LogP contribution in [-0.4, -0.2) is 41.8 Å². The van der Waals surface area contributed by atoms with E-state index in [1.54, 1.807) is 18.1 Å². The Morgan fingerprint density at radius 3 is 2.53 bits per heavy atom. The molecule has 38 heavy (non-hydrogen) atoms. The SMILES string of the molecule is CCC(C)C1=NC(C)(C(C)C)CC(=O)N1Cc1cc(F)cc(C(=O)NC(CCCOC)c2ccccc2)c1. The molecule has 6 nitrogen and oxygen atoms in total. The molecule has 0 bridgehead atoms. The van der Waals surface area contributed by atoms with E-state index >= 15 is 0 Å². The highest BCUT2D eigenvalue weighted by Gasteiger charge is 2.40. The van der Waals surface area contributed by atoms with Gasteiger partial charge in [-0.3, -0.25) is 19.5 Å². The first-order chi connectivity index (χ1) is 18.1. The largest absolute Gasteiger partial charge is 0.385 e. The van der Waals surface area contributed by atoms with Gasteiger partial charge < -0.3 is 10.1 Å². The maximum Gasteiger partial charge on any atom is 0.251 e. The van der Waals surface area contributed by atoms with Crippen LogP contribution in [0.3, 0.4) is 0 Å². The van der Waals surface area contributed by atoms with E-state index in [-0.39, 0.29) is 41.8 Å². The van der Waals surface area contributed by atoms with E-state index in [9.17, 15) is 14.0 Å². The summed E-state index contributed by atoms with van der Waals surface area (Å²) >= 11 is 0. The van der Waals surface area contributed by atoms with E-state index in [0.717, 1.165) is 24.2 Å². The van der Waals surface area contributed by atoms with Crippen molar-refractivity contribution in [1.29, 1.82) is 0 Å². The Hall–Kier alpha value is -3.06. The summed E-state index contributed by atoms with van der Waals surface area (Å²) in [5.41, 5.74) is 1.30. The second kappa shape index (κ2) is 13.1. The summed E-state index contributed by atoms with van der Waals surface area (Å²) in [6.45, 7) is 11.1. The maximum atomic E-state index is 14.8. The fraction of sp³-hybridized carbons (Fsp3) is 0.516. The Morgan fingerprint density at radius 2 is 1.89 bits per heavy atom. The molecule has 0 saturated heterocycles. The number of nitrogens with one attached hydrogen (secondary N) is 1. The quantitative estimate of drug-likeness (QED) is 0.331. The first-order valence-corrected chi connectivity index (χ1v) is 13.6. The van der Waals surface area contributed by atoms with Gasteiger partial charge in [-0.1, -0.05) is 58.0 Å². The lowest BCUT2D eigenvalue weighted by atomic mass is 9.83. The molecule has 3 rings (SSSR count). The minimum atomic E-state index is -0.512. The van der Waals surface area contributed by atoms with Gasteiger partial charge in [0.1, 0.15) is 11.7 Å². The summed E-state index contributed by atoms with van der Waals surface area (Å²) in [6, 6.07) is 13.8. The number of amides is 2. The highest BCUT2D eigenvalue weighted by molar-refractivity contribution is 6.02. The normalized spacial score (nSPS) is 19.3. The number of hydrogen-bond acceptors (Lipinski definition) is 4. The van der Waals surface area contributed by atoms with Crippen molar-refractivity contribution >= 4 is 17.6 Å². The molecule has 7 heteroatoms. The molecule has 0 spiro atoms. The average Bonchev–Trinajstić information content (AvgIpc) is 2.89. The third-order valence-corrected chi connectivity index (χ3v) is 7.66. The molecule has 1 N–H and O–H groups in total. The number of nitrogens with zero attached hydrogens (tertiary/aromatic N) is 2. The van der Waals surface area contributed by atoms with Gasteiger partial charge in [-0.2, -0.15) is 0 Å². The number of methoxy groups -OCH3 is 1. The number of hydrogen-bond donors (Lipinski definition) is 1. The molecular weight excluding hydrogens is 481 g/mol. The van der Waals surface area contributed by atoms with Gasteiger partial charge in [0, 0.05) is 25.2 Å². The van der Waals surface area contributed by atoms with Crippen LogP contribution in [0.15, 0.2) is 53.5 Å². The molecule has 2 aromatic carbocycles. The van der Waals surface area contributed by atoms with Crippen LogP contribution in [0, 0.1) is 17.7 Å². The predicted octanol–water partition coefficient (Wildman–Crippen LogP) is 6.32. The molecule has 3 unspecified atom stereocenters. The molecular formula is C31H42FN3O3. The van der Waals surface area contributed by atoms with Crippen molar-refractivity contribution in [2.45, 2.75) is 78.4 Å². The van der Waals surface area contributed by atoms with Gasteiger partial charge in [-0.15, -0.1) is 0 Å². The van der Waals surface area contributed by atoms with Gasteiger partial charge in [0.05, 0.1) is 24.5 Å². The number of ether oxygens (including phenoxy) is 1. The van der Waals surface area contributed by atoms with Crippen molar-refractivity contribution in [1.82, 2.24) is 10.2 Å². The standard InChI is InChI=1S/C31H42FN3O3/c1-7-22(4)29-34-31(5,21(2)3)19-28(36)35(29)20-23-16-25(18-26(32)17-23)30(37)33-27(14-11-15-38-6)24-12-9-8-10-13-24/h8-10,12-13,16-18,21-22,27H,7,11,14-15,19-20H2,1-6H3,(H,33,37). The first-order valence-electron chi connectivity index (χ1n) is 13.6. The Labute approximate surface area is 226 Å². The zero-order chi connectivity index (χ0) is 27.9. The number of carbonyl (C=O) groups excluding carboxylic acids is 2. The molecule has 2 aromatic rings. The lowest BCUT2D eigenvalue weighted by Crippen LogP contribution is -2.50. The summed E-state index contributed by atoms with van der Waals surface area (Å²) in [6.07, 6.45) is 2.59. The number of halogens is 1. The summed E-state index contributed by atoms with van der Waals surface area (Å²) in [7, 11) is 1.65. The second-order valence-corrected chi connectivity index (χ2v) is 10.9. The van der Waals surface area contributed by atoms with E-state index in [1.165, 1.54) is 12.1 Å². The van der Waals surface area contributed by atoms with Crippen molar-refractivity contribution in [2.24, 2.45) is 16.8 Å². The topological polar surface area (TPSA) is 71.0 Å². The van der Waals surface area contributed by atoms with Crippen LogP contribution >= 0.6 is 0 Å². The molecule has 0 saturated carbocycles. The van der Waals surface area contributed by atoms with Crippen LogP contribution in [0.25, 0.3) is 0 Å². The molecule has 1 aliphatic rings. The molecule has 1 aliphatic heterocycles. The zero-order valence-electron chi connectivity index (χ0n) is 23.6. The number of benzene rings is 2. The molecule has 0 radical (unpaired) electrons. The summed E-state index contributed by atoms with van der Waals surface area (Å²) in [5, 5.41) is 3.07. The lowest BCUT2D eigenvalue weighted by molar-refractivity contribution is -0.130. The van der Waals surface area contributed by atoms with E-state index in [0.29, 0.717) is 25.0 Å². The molecule has 206 valence electrons. The molecule has 0 aromatic heterocycles. The van der Waals surface area contributed by atoms with Crippen molar-refractivity contribution in [3.05, 3.63) is 71.0 Å². The monoisotopic (exact) mass is 523 g/mol.